The highest BCUT2D eigenvalue weighted by molar-refractivity contribution is 5.92. The molecule has 0 aliphatic heterocycles. The second-order valence-electron chi connectivity index (χ2n) is 5.34. The van der Waals surface area contributed by atoms with Crippen molar-refractivity contribution in [1.82, 2.24) is 15.2 Å². The molecule has 2 rings (SSSR count). The Hall–Kier alpha value is -1.62. The van der Waals surface area contributed by atoms with Crippen LogP contribution in [0.1, 0.15) is 29.8 Å². The number of hydrogen-bond donors (Lipinski definition) is 2. The minimum Gasteiger partial charge on any atom is -0.387 e. The quantitative estimate of drug-likeness (QED) is 0.840. The van der Waals surface area contributed by atoms with Crippen LogP contribution >= 0.6 is 0 Å². The third-order valence-electron chi connectivity index (χ3n) is 4.10. The molecule has 0 atom stereocenters. The van der Waals surface area contributed by atoms with Crippen molar-refractivity contribution in [1.29, 1.82) is 0 Å². The lowest BCUT2D eigenvalue weighted by Crippen LogP contribution is -2.57. The van der Waals surface area contributed by atoms with Crippen LogP contribution < -0.4 is 10.6 Å². The van der Waals surface area contributed by atoms with Crippen molar-refractivity contribution in [2.24, 2.45) is 0 Å². The molecule has 1 saturated carbocycles. The van der Waals surface area contributed by atoms with Crippen molar-refractivity contribution < 1.29 is 4.79 Å². The summed E-state index contributed by atoms with van der Waals surface area (Å²) in [5, 5.41) is 5.98. The normalized spacial score (nSPS) is 16.8. The Bertz CT molecular complexity index is 437. The van der Waals surface area contributed by atoms with Gasteiger partial charge in [0, 0.05) is 19.1 Å². The van der Waals surface area contributed by atoms with Gasteiger partial charge >= 0.3 is 0 Å². The van der Waals surface area contributed by atoms with Crippen LogP contribution in [0, 0.1) is 0 Å². The summed E-state index contributed by atoms with van der Waals surface area (Å²) >= 11 is 0. The van der Waals surface area contributed by atoms with Crippen LogP contribution in [-0.4, -0.2) is 49.0 Å². The van der Waals surface area contributed by atoms with Gasteiger partial charge in [-0.25, -0.2) is 4.98 Å². The lowest BCUT2D eigenvalue weighted by molar-refractivity contribution is 0.0556. The lowest BCUT2D eigenvalue weighted by Gasteiger charge is -2.47. The Kier molecular flexibility index (Phi) is 4.04. The van der Waals surface area contributed by atoms with Crippen LogP contribution in [0.3, 0.4) is 0 Å². The number of nitrogens with one attached hydrogen (secondary N) is 2. The number of carbonyl (C=O) groups is 1. The molecule has 1 aromatic heterocycles. The molecule has 1 amide bonds. The maximum absolute atomic E-state index is 12.0. The molecule has 0 spiro atoms. The van der Waals surface area contributed by atoms with E-state index >= 15 is 0 Å². The highest BCUT2D eigenvalue weighted by Gasteiger charge is 2.39. The molecule has 1 fully saturated rings. The van der Waals surface area contributed by atoms with E-state index in [1.54, 1.807) is 12.3 Å². The number of anilines is 1. The Morgan fingerprint density at radius 1 is 1.42 bits per heavy atom. The molecule has 19 heavy (non-hydrogen) atoms. The molecule has 1 heterocycles. The monoisotopic (exact) mass is 262 g/mol. The van der Waals surface area contributed by atoms with Crippen molar-refractivity contribution in [3.8, 4) is 0 Å². The average Bonchev–Trinajstić information content (AvgIpc) is 2.37. The van der Waals surface area contributed by atoms with Gasteiger partial charge in [0.2, 0.25) is 0 Å². The lowest BCUT2D eigenvalue weighted by atomic mass is 9.75. The smallest absolute Gasteiger partial charge is 0.269 e. The summed E-state index contributed by atoms with van der Waals surface area (Å²) in [6.45, 7) is 0.689. The zero-order chi connectivity index (χ0) is 13.9. The summed E-state index contributed by atoms with van der Waals surface area (Å²) in [6.07, 6.45) is 5.20. The molecule has 5 heteroatoms. The van der Waals surface area contributed by atoms with Crippen LogP contribution in [0.15, 0.2) is 18.3 Å². The van der Waals surface area contributed by atoms with Crippen LogP contribution in [-0.2, 0) is 0 Å². The third kappa shape index (κ3) is 2.87. The molecule has 104 valence electrons. The van der Waals surface area contributed by atoms with E-state index in [0.717, 1.165) is 18.5 Å². The average molecular weight is 262 g/mol. The Balaban J connectivity index is 1.93. The van der Waals surface area contributed by atoms with Crippen LogP contribution in [0.5, 0.6) is 0 Å². The predicted molar refractivity (Wildman–Crippen MR) is 76.4 cm³/mol. The first kappa shape index (κ1) is 13.8. The number of rotatable bonds is 5. The molecular weight excluding hydrogens is 240 g/mol. The number of amides is 1. The largest absolute Gasteiger partial charge is 0.387 e. The number of likely N-dealkylation sites (N-methyl/N-ethyl adjacent to an activating group) is 1. The molecule has 0 aromatic carbocycles. The second-order valence-corrected chi connectivity index (χ2v) is 5.34. The van der Waals surface area contributed by atoms with Gasteiger partial charge in [0.15, 0.2) is 0 Å². The van der Waals surface area contributed by atoms with Crippen molar-refractivity contribution in [2.75, 3.05) is 33.0 Å². The highest BCUT2D eigenvalue weighted by Crippen LogP contribution is 2.35. The van der Waals surface area contributed by atoms with E-state index in [4.69, 9.17) is 0 Å². The van der Waals surface area contributed by atoms with Crippen LogP contribution in [0.25, 0.3) is 0 Å². The SMILES string of the molecule is CNc1ccc(C(=O)NCC2(N(C)C)CCC2)nc1. The standard InChI is InChI=1S/C14H22N4O/c1-15-11-5-6-12(16-9-11)13(19)17-10-14(18(2)3)7-4-8-14/h5-6,9,15H,4,7-8,10H2,1-3H3,(H,17,19). The van der Waals surface area contributed by atoms with Gasteiger partial charge in [0.1, 0.15) is 5.69 Å². The summed E-state index contributed by atoms with van der Waals surface area (Å²) < 4.78 is 0. The first-order chi connectivity index (χ1) is 9.07. The zero-order valence-corrected chi connectivity index (χ0v) is 11.9. The molecule has 0 saturated heterocycles. The first-order valence-electron chi connectivity index (χ1n) is 6.67. The summed E-state index contributed by atoms with van der Waals surface area (Å²) in [7, 11) is 5.98. The van der Waals surface area contributed by atoms with Crippen molar-refractivity contribution >= 4 is 11.6 Å². The Morgan fingerprint density at radius 2 is 2.16 bits per heavy atom. The summed E-state index contributed by atoms with van der Waals surface area (Å²) in [4.78, 5) is 18.4. The molecule has 0 radical (unpaired) electrons. The number of carbonyl (C=O) groups excluding carboxylic acids is 1. The molecule has 1 aliphatic carbocycles. The fourth-order valence-corrected chi connectivity index (χ4v) is 2.38. The zero-order valence-electron chi connectivity index (χ0n) is 11.9. The molecule has 1 aliphatic rings. The van der Waals surface area contributed by atoms with Crippen molar-refractivity contribution in [3.63, 3.8) is 0 Å². The van der Waals surface area contributed by atoms with Gasteiger partial charge in [-0.1, -0.05) is 0 Å². The predicted octanol–water partition coefficient (Wildman–Crippen LogP) is 1.34. The highest BCUT2D eigenvalue weighted by atomic mass is 16.1. The molecule has 0 unspecified atom stereocenters. The van der Waals surface area contributed by atoms with Crippen molar-refractivity contribution in [3.05, 3.63) is 24.0 Å². The Morgan fingerprint density at radius 3 is 2.58 bits per heavy atom. The maximum Gasteiger partial charge on any atom is 0.269 e. The molecule has 0 bridgehead atoms. The summed E-state index contributed by atoms with van der Waals surface area (Å²) in [6, 6.07) is 3.59. The second kappa shape index (κ2) is 5.57. The number of nitrogens with zero attached hydrogens (tertiary/aromatic N) is 2. The van der Waals surface area contributed by atoms with Gasteiger partial charge in [-0.05, 0) is 45.5 Å². The minimum absolute atomic E-state index is 0.101. The van der Waals surface area contributed by atoms with Gasteiger partial charge in [-0.15, -0.1) is 0 Å². The number of hydrogen-bond acceptors (Lipinski definition) is 4. The molecular formula is C14H22N4O. The van der Waals surface area contributed by atoms with Gasteiger partial charge in [0.05, 0.1) is 11.9 Å². The molecule has 2 N–H and O–H groups in total. The van der Waals surface area contributed by atoms with Gasteiger partial charge in [-0.2, -0.15) is 0 Å². The van der Waals surface area contributed by atoms with Gasteiger partial charge in [0.25, 0.3) is 5.91 Å². The van der Waals surface area contributed by atoms with Crippen LogP contribution in [0.4, 0.5) is 5.69 Å². The van der Waals surface area contributed by atoms with Crippen LogP contribution in [0.2, 0.25) is 0 Å². The third-order valence-corrected chi connectivity index (χ3v) is 4.10. The first-order valence-corrected chi connectivity index (χ1v) is 6.67. The van der Waals surface area contributed by atoms with E-state index in [-0.39, 0.29) is 11.4 Å². The minimum atomic E-state index is -0.101. The molecule has 1 aromatic rings. The Labute approximate surface area is 114 Å². The van der Waals surface area contributed by atoms with E-state index in [2.05, 4.69) is 34.6 Å². The van der Waals surface area contributed by atoms with Crippen molar-refractivity contribution in [2.45, 2.75) is 24.8 Å². The topological polar surface area (TPSA) is 57.3 Å². The number of pyridine rings is 1. The van der Waals surface area contributed by atoms with E-state index in [1.165, 1.54) is 6.42 Å². The molecule has 5 nitrogen and oxygen atoms in total. The van der Waals surface area contributed by atoms with Gasteiger partial charge in [-0.3, -0.25) is 4.79 Å². The number of aromatic nitrogens is 1. The maximum atomic E-state index is 12.0. The fourth-order valence-electron chi connectivity index (χ4n) is 2.38. The fraction of sp³-hybridized carbons (Fsp3) is 0.571. The summed E-state index contributed by atoms with van der Waals surface area (Å²) in [5.41, 5.74) is 1.51. The van der Waals surface area contributed by atoms with E-state index < -0.39 is 0 Å². The van der Waals surface area contributed by atoms with E-state index in [1.807, 2.05) is 13.1 Å². The summed E-state index contributed by atoms with van der Waals surface area (Å²) in [5.74, 6) is -0.101. The van der Waals surface area contributed by atoms with E-state index in [9.17, 15) is 4.79 Å². The van der Waals surface area contributed by atoms with Gasteiger partial charge < -0.3 is 15.5 Å². The van der Waals surface area contributed by atoms with E-state index in [0.29, 0.717) is 12.2 Å².